The topological polar surface area (TPSA) is 35.6 Å². The fourth-order valence-electron chi connectivity index (χ4n) is 9.43. The zero-order chi connectivity index (χ0) is 37.2. The summed E-state index contributed by atoms with van der Waals surface area (Å²) in [5, 5.41) is 12.2. The van der Waals surface area contributed by atoms with E-state index in [2.05, 4.69) is 185 Å². The lowest BCUT2D eigenvalue weighted by Crippen LogP contribution is -2.04. The van der Waals surface area contributed by atoms with E-state index >= 15 is 0 Å². The first-order chi connectivity index (χ1) is 28.3. The van der Waals surface area contributed by atoms with E-state index in [4.69, 9.17) is 9.97 Å². The fraction of sp³-hybridized carbons (Fsp3) is 0. The molecule has 0 unspecified atom stereocenters. The van der Waals surface area contributed by atoms with E-state index in [0.29, 0.717) is 0 Å². The Hall–Kier alpha value is -7.34. The number of thiophene rings is 1. The molecule has 9 aromatic carbocycles. The van der Waals surface area contributed by atoms with Crippen molar-refractivity contribution in [1.82, 2.24) is 19.1 Å². The van der Waals surface area contributed by atoms with Gasteiger partial charge in [-0.2, -0.15) is 0 Å². The molecule has 4 heterocycles. The maximum atomic E-state index is 5.53. The van der Waals surface area contributed by atoms with Crippen LogP contribution in [0.4, 0.5) is 0 Å². The third-order valence-corrected chi connectivity index (χ3v) is 13.0. The van der Waals surface area contributed by atoms with Crippen molar-refractivity contribution in [2.24, 2.45) is 0 Å². The first-order valence-corrected chi connectivity index (χ1v) is 20.2. The zero-order valence-corrected chi connectivity index (χ0v) is 31.3. The van der Waals surface area contributed by atoms with Gasteiger partial charge in [0.2, 0.25) is 0 Å². The van der Waals surface area contributed by atoms with Crippen LogP contribution in [0, 0.1) is 0 Å². The van der Waals surface area contributed by atoms with Crippen LogP contribution in [0.2, 0.25) is 0 Å². The van der Waals surface area contributed by atoms with Gasteiger partial charge in [-0.3, -0.25) is 4.57 Å². The molecule has 57 heavy (non-hydrogen) atoms. The number of nitrogens with zero attached hydrogens (tertiary/aromatic N) is 4. The van der Waals surface area contributed by atoms with Gasteiger partial charge >= 0.3 is 0 Å². The van der Waals surface area contributed by atoms with Crippen molar-refractivity contribution in [1.29, 1.82) is 0 Å². The maximum absolute atomic E-state index is 5.53. The zero-order valence-electron chi connectivity index (χ0n) is 30.5. The molecule has 0 fully saturated rings. The molecule has 0 bridgehead atoms. The highest BCUT2D eigenvalue weighted by Gasteiger charge is 2.23. The van der Waals surface area contributed by atoms with Gasteiger partial charge in [-0.15, -0.1) is 11.3 Å². The highest BCUT2D eigenvalue weighted by Crippen LogP contribution is 2.44. The maximum Gasteiger partial charge on any atom is 0.165 e. The second-order valence-electron chi connectivity index (χ2n) is 14.9. The van der Waals surface area contributed by atoms with Crippen LogP contribution in [-0.4, -0.2) is 19.1 Å². The van der Waals surface area contributed by atoms with E-state index < -0.39 is 0 Å². The fourth-order valence-corrected chi connectivity index (χ4v) is 10.6. The standard InChI is InChI=1S/C52H30N4S/c1-2-15-33-31(13-1)27-28-36-34-16-3-8-22-43(34)55(51(33)36)45-24-11-14-32-29-40-35-17-4-9-23-44(35)56(46(40)30-39(32)45)52-50(53-41-20-6-7-21-42(41)54-52)38-19-12-26-48-49(38)37-18-5-10-25-47(37)57-48/h1-30H. The van der Waals surface area contributed by atoms with Crippen molar-refractivity contribution < 1.29 is 0 Å². The van der Waals surface area contributed by atoms with Gasteiger partial charge in [-0.1, -0.05) is 127 Å². The minimum Gasteiger partial charge on any atom is -0.308 e. The highest BCUT2D eigenvalue weighted by molar-refractivity contribution is 7.25. The molecule has 0 N–H and O–H groups in total. The summed E-state index contributed by atoms with van der Waals surface area (Å²) in [4.78, 5) is 11.0. The van der Waals surface area contributed by atoms with Gasteiger partial charge in [0.15, 0.2) is 5.82 Å². The van der Waals surface area contributed by atoms with E-state index in [1.54, 1.807) is 0 Å². The Morgan fingerprint density at radius 3 is 1.89 bits per heavy atom. The number of hydrogen-bond acceptors (Lipinski definition) is 3. The molecule has 13 aromatic rings. The SMILES string of the molecule is c1cc(-n2c3ccccc3c3ccc4ccccc4c32)c2cc3c(cc2c1)c1ccccc1n3-c1nc2ccccc2nc1-c1cccc2sc3ccccc3c12. The monoisotopic (exact) mass is 742 g/mol. The molecule has 0 saturated carbocycles. The molecule has 0 aliphatic carbocycles. The summed E-state index contributed by atoms with van der Waals surface area (Å²) >= 11 is 1.83. The number of para-hydroxylation sites is 4. The minimum absolute atomic E-state index is 0.822. The smallest absolute Gasteiger partial charge is 0.165 e. The summed E-state index contributed by atoms with van der Waals surface area (Å²) in [6.45, 7) is 0. The second kappa shape index (κ2) is 11.6. The van der Waals surface area contributed by atoms with Crippen LogP contribution in [0.15, 0.2) is 182 Å². The molecule has 0 aliphatic heterocycles. The molecule has 0 spiro atoms. The van der Waals surface area contributed by atoms with Crippen LogP contribution in [0.3, 0.4) is 0 Å². The second-order valence-corrected chi connectivity index (χ2v) is 16.0. The van der Waals surface area contributed by atoms with E-state index in [-0.39, 0.29) is 0 Å². The normalized spacial score (nSPS) is 12.2. The molecule has 0 saturated heterocycles. The lowest BCUT2D eigenvalue weighted by Gasteiger charge is -2.16. The van der Waals surface area contributed by atoms with Crippen molar-refractivity contribution in [3.8, 4) is 22.8 Å². The Bertz CT molecular complexity index is 3830. The molecule has 5 heteroatoms. The average Bonchev–Trinajstić information content (AvgIpc) is 3.93. The Morgan fingerprint density at radius 1 is 0.386 bits per heavy atom. The van der Waals surface area contributed by atoms with Crippen molar-refractivity contribution in [2.75, 3.05) is 0 Å². The van der Waals surface area contributed by atoms with E-state index in [9.17, 15) is 0 Å². The molecule has 0 radical (unpaired) electrons. The average molecular weight is 743 g/mol. The number of hydrogen-bond donors (Lipinski definition) is 0. The van der Waals surface area contributed by atoms with Crippen molar-refractivity contribution in [3.05, 3.63) is 182 Å². The number of rotatable bonds is 3. The molecule has 4 aromatic heterocycles. The number of benzene rings is 9. The van der Waals surface area contributed by atoms with Crippen molar-refractivity contribution in [2.45, 2.75) is 0 Å². The molecule has 0 atom stereocenters. The van der Waals surface area contributed by atoms with Gasteiger partial charge in [0, 0.05) is 58.1 Å². The summed E-state index contributed by atoms with van der Waals surface area (Å²) < 4.78 is 7.36. The molecule has 0 amide bonds. The van der Waals surface area contributed by atoms with Crippen LogP contribution >= 0.6 is 11.3 Å². The van der Waals surface area contributed by atoms with Gasteiger partial charge in [-0.05, 0) is 65.4 Å². The number of fused-ring (bicyclic) bond motifs is 13. The Morgan fingerprint density at radius 2 is 1.04 bits per heavy atom. The lowest BCUT2D eigenvalue weighted by atomic mass is 10.0. The summed E-state index contributed by atoms with van der Waals surface area (Å²) in [5.74, 6) is 0.822. The van der Waals surface area contributed by atoms with Crippen molar-refractivity contribution in [3.63, 3.8) is 0 Å². The van der Waals surface area contributed by atoms with Gasteiger partial charge in [0.05, 0.1) is 38.8 Å². The molecular formula is C52H30N4S. The largest absolute Gasteiger partial charge is 0.308 e. The molecule has 264 valence electrons. The highest BCUT2D eigenvalue weighted by atomic mass is 32.1. The van der Waals surface area contributed by atoms with Crippen LogP contribution in [0.1, 0.15) is 0 Å². The lowest BCUT2D eigenvalue weighted by molar-refractivity contribution is 1.08. The Labute approximate surface area is 330 Å². The van der Waals surface area contributed by atoms with Crippen molar-refractivity contribution >= 4 is 108 Å². The molecule has 0 aliphatic rings. The number of aromatic nitrogens is 4. The molecule has 13 rings (SSSR count). The third-order valence-electron chi connectivity index (χ3n) is 11.9. The summed E-state index contributed by atoms with van der Waals surface area (Å²) in [5.41, 5.74) is 9.44. The summed E-state index contributed by atoms with van der Waals surface area (Å²) in [7, 11) is 0. The van der Waals surface area contributed by atoms with Crippen LogP contribution in [-0.2, 0) is 0 Å². The molecular weight excluding hydrogens is 713 g/mol. The van der Waals surface area contributed by atoms with E-state index in [1.807, 2.05) is 17.4 Å². The Kier molecular flexibility index (Phi) is 6.29. The van der Waals surface area contributed by atoms with E-state index in [1.165, 1.54) is 74.3 Å². The Balaban J connectivity index is 1.18. The minimum atomic E-state index is 0.822. The molecule has 4 nitrogen and oxygen atoms in total. The summed E-state index contributed by atoms with van der Waals surface area (Å²) in [6.07, 6.45) is 0. The quantitative estimate of drug-likeness (QED) is 0.181. The van der Waals surface area contributed by atoms with E-state index in [0.717, 1.165) is 44.8 Å². The first-order valence-electron chi connectivity index (χ1n) is 19.3. The van der Waals surface area contributed by atoms with Crippen LogP contribution in [0.5, 0.6) is 0 Å². The predicted octanol–water partition coefficient (Wildman–Crippen LogP) is 14.2. The first kappa shape index (κ1) is 30.9. The summed E-state index contributed by atoms with van der Waals surface area (Å²) in [6, 6.07) is 65.9. The van der Waals surface area contributed by atoms with Gasteiger partial charge in [0.25, 0.3) is 0 Å². The third kappa shape index (κ3) is 4.32. The van der Waals surface area contributed by atoms with Gasteiger partial charge < -0.3 is 4.57 Å². The van der Waals surface area contributed by atoms with Crippen LogP contribution < -0.4 is 0 Å². The van der Waals surface area contributed by atoms with Crippen LogP contribution in [0.25, 0.3) is 119 Å². The van der Waals surface area contributed by atoms with Gasteiger partial charge in [0.1, 0.15) is 5.69 Å². The predicted molar refractivity (Wildman–Crippen MR) is 242 cm³/mol. The van der Waals surface area contributed by atoms with Gasteiger partial charge in [-0.25, -0.2) is 9.97 Å².